The fraction of sp³-hybridized carbons (Fsp3) is 0.143. The summed E-state index contributed by atoms with van der Waals surface area (Å²) in [5.74, 6) is 0.621. The summed E-state index contributed by atoms with van der Waals surface area (Å²) in [7, 11) is 0. The molecule has 0 aliphatic rings. The SMILES string of the molecule is N#CCN(CC#N)c1ncnc(Nc2ccc(Cl)cc2Cl)c1N. The summed E-state index contributed by atoms with van der Waals surface area (Å²) >= 11 is 12.0. The Balaban J connectivity index is 2.36. The summed E-state index contributed by atoms with van der Waals surface area (Å²) in [6.07, 6.45) is 1.29. The van der Waals surface area contributed by atoms with Crippen molar-refractivity contribution in [2.45, 2.75) is 0 Å². The van der Waals surface area contributed by atoms with E-state index in [2.05, 4.69) is 15.3 Å². The van der Waals surface area contributed by atoms with Crippen LogP contribution in [0.3, 0.4) is 0 Å². The topological polar surface area (TPSA) is 115 Å². The van der Waals surface area contributed by atoms with Crippen LogP contribution in [0, 0.1) is 22.7 Å². The third-order valence-electron chi connectivity index (χ3n) is 2.87. The van der Waals surface area contributed by atoms with Crippen LogP contribution in [-0.2, 0) is 0 Å². The van der Waals surface area contributed by atoms with Crippen LogP contribution in [0.1, 0.15) is 0 Å². The van der Waals surface area contributed by atoms with Gasteiger partial charge in [0.05, 0.1) is 22.8 Å². The summed E-state index contributed by atoms with van der Waals surface area (Å²) in [5.41, 5.74) is 6.84. The Hall–Kier alpha value is -2.74. The lowest BCUT2D eigenvalue weighted by atomic mass is 10.3. The van der Waals surface area contributed by atoms with E-state index >= 15 is 0 Å². The maximum Gasteiger partial charge on any atom is 0.159 e. The maximum atomic E-state index is 8.85. The first kappa shape index (κ1) is 16.6. The Labute approximate surface area is 142 Å². The molecule has 1 heterocycles. The van der Waals surface area contributed by atoms with Crippen molar-refractivity contribution in [1.82, 2.24) is 9.97 Å². The van der Waals surface area contributed by atoms with Gasteiger partial charge in [0, 0.05) is 5.02 Å². The van der Waals surface area contributed by atoms with Gasteiger partial charge < -0.3 is 16.0 Å². The summed E-state index contributed by atoms with van der Waals surface area (Å²) < 4.78 is 0. The molecule has 0 fully saturated rings. The number of hydrogen-bond acceptors (Lipinski definition) is 7. The van der Waals surface area contributed by atoms with Crippen molar-refractivity contribution in [3.63, 3.8) is 0 Å². The van der Waals surface area contributed by atoms with Crippen molar-refractivity contribution >= 4 is 46.2 Å². The first-order valence-electron chi connectivity index (χ1n) is 6.38. The Morgan fingerprint density at radius 1 is 1.17 bits per heavy atom. The van der Waals surface area contributed by atoms with Crippen molar-refractivity contribution in [2.75, 3.05) is 29.0 Å². The first-order chi connectivity index (χ1) is 11.1. The van der Waals surface area contributed by atoms with Gasteiger partial charge in [-0.1, -0.05) is 23.2 Å². The molecule has 1 aromatic carbocycles. The lowest BCUT2D eigenvalue weighted by Gasteiger charge is -2.20. The van der Waals surface area contributed by atoms with Crippen LogP contribution in [0.2, 0.25) is 10.0 Å². The zero-order chi connectivity index (χ0) is 16.8. The molecule has 0 aliphatic heterocycles. The summed E-state index contributed by atoms with van der Waals surface area (Å²) in [5, 5.41) is 21.6. The van der Waals surface area contributed by atoms with Crippen molar-refractivity contribution in [2.24, 2.45) is 0 Å². The van der Waals surface area contributed by atoms with Crippen molar-refractivity contribution in [3.05, 3.63) is 34.6 Å². The zero-order valence-electron chi connectivity index (χ0n) is 11.8. The standard InChI is InChI=1S/C14H11Cl2N7/c15-9-1-2-11(10(16)7-9)22-13-12(19)14(21-8-20-13)23(5-3-17)6-4-18/h1-2,7-8H,5-6,19H2,(H,20,21,22). The number of rotatable bonds is 5. The molecule has 0 amide bonds. The Morgan fingerprint density at radius 2 is 1.87 bits per heavy atom. The van der Waals surface area contributed by atoms with Crippen LogP contribution >= 0.6 is 23.2 Å². The van der Waals surface area contributed by atoms with Crippen LogP contribution in [-0.4, -0.2) is 23.1 Å². The molecular formula is C14H11Cl2N7. The lowest BCUT2D eigenvalue weighted by Crippen LogP contribution is -2.26. The predicted octanol–water partition coefficient (Wildman–Crippen LogP) is 2.96. The van der Waals surface area contributed by atoms with Crippen molar-refractivity contribution in [1.29, 1.82) is 10.5 Å². The van der Waals surface area contributed by atoms with Crippen LogP contribution < -0.4 is 16.0 Å². The van der Waals surface area contributed by atoms with E-state index in [0.29, 0.717) is 27.4 Å². The maximum absolute atomic E-state index is 8.85. The minimum atomic E-state index is -0.0179. The molecule has 2 aromatic rings. The monoisotopic (exact) mass is 347 g/mol. The normalized spacial score (nSPS) is 9.74. The fourth-order valence-electron chi connectivity index (χ4n) is 1.83. The molecule has 1 aromatic heterocycles. The molecule has 3 N–H and O–H groups in total. The largest absolute Gasteiger partial charge is 0.393 e. The summed E-state index contributed by atoms with van der Waals surface area (Å²) in [6.45, 7) is -0.0359. The number of nitrogens with two attached hydrogens (primary N) is 1. The number of aromatic nitrogens is 2. The molecule has 7 nitrogen and oxygen atoms in total. The number of nitrogens with one attached hydrogen (secondary N) is 1. The van der Waals surface area contributed by atoms with E-state index < -0.39 is 0 Å². The third-order valence-corrected chi connectivity index (χ3v) is 3.42. The van der Waals surface area contributed by atoms with Crippen LogP contribution in [0.5, 0.6) is 0 Å². The van der Waals surface area contributed by atoms with E-state index in [-0.39, 0.29) is 18.8 Å². The molecular weight excluding hydrogens is 337 g/mol. The summed E-state index contributed by atoms with van der Waals surface area (Å²) in [4.78, 5) is 9.57. The number of anilines is 4. The fourth-order valence-corrected chi connectivity index (χ4v) is 2.29. The molecule has 2 rings (SSSR count). The molecule has 0 bridgehead atoms. The molecule has 0 radical (unpaired) electrons. The van der Waals surface area contributed by atoms with E-state index in [9.17, 15) is 0 Å². The number of hydrogen-bond donors (Lipinski definition) is 2. The van der Waals surface area contributed by atoms with Gasteiger partial charge in [-0.25, -0.2) is 9.97 Å². The first-order valence-corrected chi connectivity index (χ1v) is 7.13. The Kier molecular flexibility index (Phi) is 5.42. The molecule has 23 heavy (non-hydrogen) atoms. The van der Waals surface area contributed by atoms with Gasteiger partial charge in [0.2, 0.25) is 0 Å². The molecule has 0 saturated heterocycles. The quantitative estimate of drug-likeness (QED) is 0.798. The second-order valence-corrected chi connectivity index (χ2v) is 5.22. The van der Waals surface area contributed by atoms with E-state index in [1.165, 1.54) is 11.2 Å². The average molecular weight is 348 g/mol. The van der Waals surface area contributed by atoms with Crippen LogP contribution in [0.25, 0.3) is 0 Å². The lowest BCUT2D eigenvalue weighted by molar-refractivity contribution is 0.930. The second-order valence-electron chi connectivity index (χ2n) is 4.38. The van der Waals surface area contributed by atoms with Crippen molar-refractivity contribution in [3.8, 4) is 12.1 Å². The minimum Gasteiger partial charge on any atom is -0.393 e. The highest BCUT2D eigenvalue weighted by Crippen LogP contribution is 2.32. The third kappa shape index (κ3) is 3.92. The van der Waals surface area contributed by atoms with Gasteiger partial charge in [0.15, 0.2) is 11.6 Å². The molecule has 0 aliphatic carbocycles. The number of halogens is 2. The zero-order valence-corrected chi connectivity index (χ0v) is 13.3. The van der Waals surface area contributed by atoms with E-state index in [1.807, 2.05) is 12.1 Å². The van der Waals surface area contributed by atoms with E-state index in [4.69, 9.17) is 39.5 Å². The summed E-state index contributed by atoms with van der Waals surface area (Å²) in [6, 6.07) is 8.88. The number of nitriles is 2. The van der Waals surface area contributed by atoms with E-state index in [0.717, 1.165) is 0 Å². The van der Waals surface area contributed by atoms with Crippen molar-refractivity contribution < 1.29 is 0 Å². The number of nitrogens with zero attached hydrogens (tertiary/aromatic N) is 5. The van der Waals surface area contributed by atoms with Crippen LogP contribution in [0.15, 0.2) is 24.5 Å². The molecule has 9 heteroatoms. The van der Waals surface area contributed by atoms with Gasteiger partial charge in [-0.2, -0.15) is 10.5 Å². The highest BCUT2D eigenvalue weighted by atomic mass is 35.5. The average Bonchev–Trinajstić information content (AvgIpc) is 2.52. The highest BCUT2D eigenvalue weighted by Gasteiger charge is 2.15. The number of benzene rings is 1. The van der Waals surface area contributed by atoms with Gasteiger partial charge in [-0.05, 0) is 18.2 Å². The van der Waals surface area contributed by atoms with Gasteiger partial charge in [-0.15, -0.1) is 0 Å². The second kappa shape index (κ2) is 7.50. The van der Waals surface area contributed by atoms with Gasteiger partial charge in [-0.3, -0.25) is 0 Å². The van der Waals surface area contributed by atoms with Gasteiger partial charge in [0.25, 0.3) is 0 Å². The van der Waals surface area contributed by atoms with Gasteiger partial charge in [0.1, 0.15) is 25.1 Å². The Bertz CT molecular complexity index is 779. The highest BCUT2D eigenvalue weighted by molar-refractivity contribution is 6.36. The molecule has 0 unspecified atom stereocenters. The van der Waals surface area contributed by atoms with Gasteiger partial charge >= 0.3 is 0 Å². The van der Waals surface area contributed by atoms with E-state index in [1.54, 1.807) is 18.2 Å². The minimum absolute atomic E-state index is 0.0179. The molecule has 0 saturated carbocycles. The van der Waals surface area contributed by atoms with Crippen LogP contribution in [0.4, 0.5) is 23.0 Å². The molecule has 0 spiro atoms. The predicted molar refractivity (Wildman–Crippen MR) is 89.6 cm³/mol. The number of nitrogen functional groups attached to an aromatic ring is 1. The smallest absolute Gasteiger partial charge is 0.159 e. The Morgan fingerprint density at radius 3 is 2.48 bits per heavy atom. The molecule has 0 atom stereocenters. The molecule has 116 valence electrons.